The number of fused-ring (bicyclic) bond motifs is 2. The predicted molar refractivity (Wildman–Crippen MR) is 148 cm³/mol. The summed E-state index contributed by atoms with van der Waals surface area (Å²) in [7, 11) is 0. The fourth-order valence-electron chi connectivity index (χ4n) is 5.47. The van der Waals surface area contributed by atoms with E-state index in [1.54, 1.807) is 0 Å². The number of anilines is 1. The maximum Gasteiger partial charge on any atom is 0.156 e. The van der Waals surface area contributed by atoms with Gasteiger partial charge in [-0.15, -0.1) is 0 Å². The zero-order valence-electron chi connectivity index (χ0n) is 20.2. The fourth-order valence-corrected chi connectivity index (χ4v) is 5.47. The number of benzene rings is 5. The van der Waals surface area contributed by atoms with Gasteiger partial charge in [0.2, 0.25) is 0 Å². The zero-order chi connectivity index (χ0) is 24.7. The number of ether oxygens (including phenoxy) is 1. The summed E-state index contributed by atoms with van der Waals surface area (Å²) in [6.07, 6.45) is 1.45. The van der Waals surface area contributed by atoms with Gasteiger partial charge in [0.1, 0.15) is 11.4 Å². The third kappa shape index (κ3) is 3.55. The second-order valence-corrected chi connectivity index (χ2v) is 9.38. The Morgan fingerprint density at radius 1 is 0.622 bits per heavy atom. The highest BCUT2D eigenvalue weighted by atomic mass is 16.5. The Bertz CT molecular complexity index is 1630. The molecule has 1 aliphatic rings. The van der Waals surface area contributed by atoms with Gasteiger partial charge < -0.3 is 14.5 Å². The molecule has 1 N–H and O–H groups in total. The van der Waals surface area contributed by atoms with Crippen molar-refractivity contribution in [3.8, 4) is 11.3 Å². The summed E-state index contributed by atoms with van der Waals surface area (Å²) in [5.74, 6) is 0.867. The molecule has 1 aliphatic heterocycles. The zero-order valence-corrected chi connectivity index (χ0v) is 20.2. The third-order valence-corrected chi connectivity index (χ3v) is 7.21. The summed E-state index contributed by atoms with van der Waals surface area (Å²) in [6, 6.07) is 46.1. The SMILES string of the molecule is c1ccc(-c2occ3ccc([C@H]4Nc5ccccc5C(c5ccccc5)(c5ccccc5)O4)cc23)cc1. The summed E-state index contributed by atoms with van der Waals surface area (Å²) in [4.78, 5) is 0. The number of rotatable bonds is 4. The van der Waals surface area contributed by atoms with Gasteiger partial charge in [0.25, 0.3) is 0 Å². The van der Waals surface area contributed by atoms with Gasteiger partial charge in [-0.05, 0) is 23.3 Å². The molecular weight excluding hydrogens is 454 g/mol. The van der Waals surface area contributed by atoms with Crippen LogP contribution in [-0.2, 0) is 10.3 Å². The minimum atomic E-state index is -0.775. The van der Waals surface area contributed by atoms with E-state index < -0.39 is 5.60 Å². The van der Waals surface area contributed by atoms with Crippen molar-refractivity contribution in [2.75, 3.05) is 5.32 Å². The quantitative estimate of drug-likeness (QED) is 0.275. The van der Waals surface area contributed by atoms with Crippen LogP contribution in [0.3, 0.4) is 0 Å². The molecule has 0 spiro atoms. The van der Waals surface area contributed by atoms with E-state index in [1.807, 2.05) is 36.6 Å². The number of furan rings is 1. The van der Waals surface area contributed by atoms with Crippen LogP contribution in [0.5, 0.6) is 0 Å². The van der Waals surface area contributed by atoms with Gasteiger partial charge in [-0.25, -0.2) is 0 Å². The number of para-hydroxylation sites is 1. The predicted octanol–water partition coefficient (Wildman–Crippen LogP) is 8.53. The van der Waals surface area contributed by atoms with Crippen LogP contribution < -0.4 is 5.32 Å². The molecule has 0 bridgehead atoms. The van der Waals surface area contributed by atoms with Crippen molar-refractivity contribution >= 4 is 16.5 Å². The highest BCUT2D eigenvalue weighted by molar-refractivity contribution is 5.94. The van der Waals surface area contributed by atoms with Crippen molar-refractivity contribution in [1.82, 2.24) is 0 Å². The molecule has 6 aromatic rings. The lowest BCUT2D eigenvalue weighted by atomic mass is 9.78. The third-order valence-electron chi connectivity index (χ3n) is 7.21. The van der Waals surface area contributed by atoms with E-state index in [1.165, 1.54) is 0 Å². The summed E-state index contributed by atoms with van der Waals surface area (Å²) in [6.45, 7) is 0. The van der Waals surface area contributed by atoms with Crippen LogP contribution in [-0.4, -0.2) is 0 Å². The summed E-state index contributed by atoms with van der Waals surface area (Å²) >= 11 is 0. The molecule has 0 saturated carbocycles. The Balaban J connectivity index is 1.42. The molecule has 5 aromatic carbocycles. The lowest BCUT2D eigenvalue weighted by Gasteiger charge is -2.44. The molecular formula is C34H25NO2. The van der Waals surface area contributed by atoms with Crippen molar-refractivity contribution in [2.24, 2.45) is 0 Å². The highest BCUT2D eigenvalue weighted by Gasteiger charge is 2.45. The Kier molecular flexibility index (Phi) is 5.16. The molecule has 3 heteroatoms. The average molecular weight is 480 g/mol. The van der Waals surface area contributed by atoms with Crippen LogP contribution in [0.4, 0.5) is 5.69 Å². The van der Waals surface area contributed by atoms with Gasteiger partial charge in [-0.3, -0.25) is 0 Å². The Morgan fingerprint density at radius 3 is 1.95 bits per heavy atom. The average Bonchev–Trinajstić information content (AvgIpc) is 3.41. The Hall–Kier alpha value is -4.60. The largest absolute Gasteiger partial charge is 0.463 e. The standard InChI is InChI=1S/C34H25NO2/c1-4-12-24(13-5-1)32-29-22-25(20-21-26(29)23-36-32)33-35-31-19-11-10-18-30(31)34(37-33,27-14-6-2-7-15-27)28-16-8-3-9-17-28/h1-23,33,35H/t33-/m0/s1. The van der Waals surface area contributed by atoms with Crippen LogP contribution in [0, 0.1) is 0 Å². The molecule has 0 aliphatic carbocycles. The van der Waals surface area contributed by atoms with Crippen LogP contribution in [0.25, 0.3) is 22.1 Å². The smallest absolute Gasteiger partial charge is 0.156 e. The first kappa shape index (κ1) is 21.7. The molecule has 37 heavy (non-hydrogen) atoms. The van der Waals surface area contributed by atoms with E-state index in [0.29, 0.717) is 0 Å². The lowest BCUT2D eigenvalue weighted by Crippen LogP contribution is -2.40. The Morgan fingerprint density at radius 2 is 1.24 bits per heavy atom. The van der Waals surface area contributed by atoms with Gasteiger partial charge in [0.15, 0.2) is 6.23 Å². The second kappa shape index (κ2) is 8.81. The van der Waals surface area contributed by atoms with Crippen molar-refractivity contribution in [3.63, 3.8) is 0 Å². The molecule has 1 atom stereocenters. The van der Waals surface area contributed by atoms with Crippen LogP contribution >= 0.6 is 0 Å². The van der Waals surface area contributed by atoms with E-state index >= 15 is 0 Å². The first-order valence-electron chi connectivity index (χ1n) is 12.5. The van der Waals surface area contributed by atoms with Gasteiger partial charge >= 0.3 is 0 Å². The molecule has 0 unspecified atom stereocenters. The molecule has 1 aromatic heterocycles. The summed E-state index contributed by atoms with van der Waals surface area (Å²) in [5, 5.41) is 5.80. The van der Waals surface area contributed by atoms with Crippen LogP contribution in [0.15, 0.2) is 144 Å². The number of hydrogen-bond acceptors (Lipinski definition) is 3. The fraction of sp³-hybridized carbons (Fsp3) is 0.0588. The molecule has 7 rings (SSSR count). The van der Waals surface area contributed by atoms with Crippen LogP contribution in [0.2, 0.25) is 0 Å². The first-order valence-corrected chi connectivity index (χ1v) is 12.5. The lowest BCUT2D eigenvalue weighted by molar-refractivity contribution is -0.0431. The summed E-state index contributed by atoms with van der Waals surface area (Å²) in [5.41, 5.74) is 5.66. The highest BCUT2D eigenvalue weighted by Crippen LogP contribution is 2.50. The van der Waals surface area contributed by atoms with E-state index in [4.69, 9.17) is 9.15 Å². The molecule has 2 heterocycles. The van der Waals surface area contributed by atoms with Gasteiger partial charge in [0.05, 0.1) is 6.26 Å². The van der Waals surface area contributed by atoms with E-state index in [9.17, 15) is 0 Å². The minimum Gasteiger partial charge on any atom is -0.463 e. The number of hydrogen-bond donors (Lipinski definition) is 1. The maximum atomic E-state index is 7.19. The molecule has 178 valence electrons. The van der Waals surface area contributed by atoms with Gasteiger partial charge in [-0.2, -0.15) is 0 Å². The number of nitrogens with one attached hydrogen (secondary N) is 1. The topological polar surface area (TPSA) is 34.4 Å². The molecule has 0 amide bonds. The van der Waals surface area contributed by atoms with Crippen molar-refractivity contribution < 1.29 is 9.15 Å². The minimum absolute atomic E-state index is 0.377. The van der Waals surface area contributed by atoms with Gasteiger partial charge in [0, 0.05) is 33.2 Å². The maximum absolute atomic E-state index is 7.19. The van der Waals surface area contributed by atoms with E-state index in [2.05, 4.69) is 108 Å². The molecule has 0 saturated heterocycles. The normalized spacial score (nSPS) is 16.2. The van der Waals surface area contributed by atoms with E-state index in [-0.39, 0.29) is 6.23 Å². The molecule has 0 radical (unpaired) electrons. The molecule has 0 fully saturated rings. The second-order valence-electron chi connectivity index (χ2n) is 9.38. The van der Waals surface area contributed by atoms with Crippen molar-refractivity contribution in [1.29, 1.82) is 0 Å². The monoisotopic (exact) mass is 479 g/mol. The molecule has 3 nitrogen and oxygen atoms in total. The van der Waals surface area contributed by atoms with Crippen molar-refractivity contribution in [2.45, 2.75) is 11.8 Å². The summed E-state index contributed by atoms with van der Waals surface area (Å²) < 4.78 is 13.2. The first-order chi connectivity index (χ1) is 18.3. The Labute approximate surface area is 216 Å². The van der Waals surface area contributed by atoms with E-state index in [0.717, 1.165) is 50.0 Å². The van der Waals surface area contributed by atoms with Gasteiger partial charge in [-0.1, -0.05) is 121 Å². The van der Waals surface area contributed by atoms with Crippen LogP contribution in [0.1, 0.15) is 28.5 Å². The van der Waals surface area contributed by atoms with Crippen molar-refractivity contribution in [3.05, 3.63) is 162 Å².